The van der Waals surface area contributed by atoms with Gasteiger partial charge in [0.25, 0.3) is 0 Å². The second-order valence-electron chi connectivity index (χ2n) is 2.70. The number of carbonyl (C=O) groups excluding carboxylic acids is 1. The second-order valence-corrected chi connectivity index (χ2v) is 5.12. The van der Waals surface area contributed by atoms with Crippen LogP contribution in [0.5, 0.6) is 0 Å². The summed E-state index contributed by atoms with van der Waals surface area (Å²) >= 11 is 10.6. The molecule has 8 heteroatoms. The lowest BCUT2D eigenvalue weighted by Crippen LogP contribution is -2.30. The van der Waals surface area contributed by atoms with Crippen LogP contribution in [-0.4, -0.2) is 12.1 Å². The van der Waals surface area contributed by atoms with E-state index in [1.54, 1.807) is 27.9 Å². The van der Waals surface area contributed by atoms with Gasteiger partial charge in [-0.25, -0.2) is 0 Å². The smallest absolute Gasteiger partial charge is 0.317 e. The normalized spacial score (nSPS) is 11.4. The van der Waals surface area contributed by atoms with Gasteiger partial charge in [-0.3, -0.25) is 4.79 Å². The van der Waals surface area contributed by atoms with Crippen molar-refractivity contribution in [3.8, 4) is 0 Å². The van der Waals surface area contributed by atoms with E-state index in [9.17, 15) is 18.0 Å². The zero-order valence-corrected chi connectivity index (χ0v) is 11.8. The molecule has 0 heterocycles. The molecule has 0 aliphatic heterocycles. The quantitative estimate of drug-likeness (QED) is 0.527. The molecule has 1 aromatic carbocycles. The Labute approximate surface area is 116 Å². The Morgan fingerprint density at radius 2 is 2.00 bits per heavy atom. The van der Waals surface area contributed by atoms with Gasteiger partial charge in [0, 0.05) is 8.04 Å². The average Bonchev–Trinajstić information content (AvgIpc) is 2.12. The number of hydrogen-bond acceptors (Lipinski definition) is 1. The highest BCUT2D eigenvalue weighted by atomic mass is 127. The third-order valence-electron chi connectivity index (χ3n) is 1.52. The van der Waals surface area contributed by atoms with E-state index in [2.05, 4.69) is 15.9 Å². The number of nitrogens with one attached hydrogen (secondary N) is 1. The van der Waals surface area contributed by atoms with Crippen molar-refractivity contribution in [1.29, 1.82) is 0 Å². The average molecular weight is 428 g/mol. The van der Waals surface area contributed by atoms with E-state index in [-0.39, 0.29) is 10.7 Å². The molecule has 0 bridgehead atoms. The molecule has 0 saturated carbocycles. The molecule has 0 aromatic heterocycles. The monoisotopic (exact) mass is 427 g/mol. The van der Waals surface area contributed by atoms with Crippen molar-refractivity contribution in [3.63, 3.8) is 0 Å². The number of alkyl halides is 3. The zero-order chi connectivity index (χ0) is 12.5. The molecule has 1 aromatic rings. The van der Waals surface area contributed by atoms with Gasteiger partial charge in [-0.1, -0.05) is 11.6 Å². The predicted molar refractivity (Wildman–Crippen MR) is 66.6 cm³/mol. The third-order valence-corrected chi connectivity index (χ3v) is 3.61. The molecule has 0 fully saturated rings. The molecular formula is C8H3BrClF3INO. The predicted octanol–water partition coefficient (Wildman–Crippen LogP) is 4.21. The van der Waals surface area contributed by atoms with Crippen molar-refractivity contribution in [2.75, 3.05) is 5.32 Å². The van der Waals surface area contributed by atoms with Crippen LogP contribution in [0.25, 0.3) is 0 Å². The molecule has 16 heavy (non-hydrogen) atoms. The van der Waals surface area contributed by atoms with Gasteiger partial charge in [0.2, 0.25) is 0 Å². The van der Waals surface area contributed by atoms with E-state index >= 15 is 0 Å². The Kier molecular flexibility index (Phi) is 4.47. The van der Waals surface area contributed by atoms with Gasteiger partial charge in [0.15, 0.2) is 0 Å². The molecule has 2 nitrogen and oxygen atoms in total. The van der Waals surface area contributed by atoms with Crippen LogP contribution in [0.3, 0.4) is 0 Å². The largest absolute Gasteiger partial charge is 0.471 e. The number of rotatable bonds is 1. The summed E-state index contributed by atoms with van der Waals surface area (Å²) < 4.78 is 37.0. The van der Waals surface area contributed by atoms with Crippen LogP contribution in [-0.2, 0) is 4.79 Å². The fourth-order valence-corrected chi connectivity index (χ4v) is 2.35. The van der Waals surface area contributed by atoms with Crippen LogP contribution < -0.4 is 5.32 Å². The number of halogens is 6. The first-order chi connectivity index (χ1) is 7.21. The van der Waals surface area contributed by atoms with Crippen LogP contribution >= 0.6 is 50.1 Å². The van der Waals surface area contributed by atoms with Crippen LogP contribution in [0.15, 0.2) is 16.6 Å². The van der Waals surface area contributed by atoms with Crippen molar-refractivity contribution < 1.29 is 18.0 Å². The number of benzene rings is 1. The maximum absolute atomic E-state index is 12.0. The maximum Gasteiger partial charge on any atom is 0.471 e. The Bertz CT molecular complexity index is 438. The van der Waals surface area contributed by atoms with E-state index in [0.717, 1.165) is 0 Å². The first kappa shape index (κ1) is 14.0. The van der Waals surface area contributed by atoms with Crippen LogP contribution in [0.2, 0.25) is 5.02 Å². The topological polar surface area (TPSA) is 29.1 Å². The van der Waals surface area contributed by atoms with Crippen molar-refractivity contribution in [1.82, 2.24) is 0 Å². The molecule has 1 N–H and O–H groups in total. The molecule has 1 amide bonds. The van der Waals surface area contributed by atoms with Gasteiger partial charge in [0.05, 0.1) is 10.7 Å². The van der Waals surface area contributed by atoms with Gasteiger partial charge < -0.3 is 5.32 Å². The Morgan fingerprint density at radius 3 is 2.50 bits per heavy atom. The van der Waals surface area contributed by atoms with E-state index in [1.807, 2.05) is 0 Å². The lowest BCUT2D eigenvalue weighted by atomic mass is 10.3. The summed E-state index contributed by atoms with van der Waals surface area (Å²) in [5, 5.41) is 1.96. The molecule has 0 unspecified atom stereocenters. The summed E-state index contributed by atoms with van der Waals surface area (Å²) in [5.74, 6) is -2.02. The number of hydrogen-bond donors (Lipinski definition) is 1. The summed E-state index contributed by atoms with van der Waals surface area (Å²) in [6.07, 6.45) is -4.91. The number of carbonyl (C=O) groups is 1. The molecule has 0 aliphatic carbocycles. The molecular weight excluding hydrogens is 425 g/mol. The molecule has 0 radical (unpaired) electrons. The van der Waals surface area contributed by atoms with E-state index < -0.39 is 12.1 Å². The van der Waals surface area contributed by atoms with Crippen LogP contribution in [0, 0.1) is 3.57 Å². The fourth-order valence-electron chi connectivity index (χ4n) is 0.812. The number of anilines is 1. The highest BCUT2D eigenvalue weighted by Gasteiger charge is 2.38. The summed E-state index contributed by atoms with van der Waals surface area (Å²) in [6.45, 7) is 0. The van der Waals surface area contributed by atoms with Gasteiger partial charge in [-0.2, -0.15) is 13.2 Å². The molecule has 1 rings (SSSR count). The van der Waals surface area contributed by atoms with E-state index in [4.69, 9.17) is 11.6 Å². The van der Waals surface area contributed by atoms with E-state index in [1.165, 1.54) is 12.1 Å². The van der Waals surface area contributed by atoms with Gasteiger partial charge in [-0.15, -0.1) is 0 Å². The van der Waals surface area contributed by atoms with Crippen LogP contribution in [0.4, 0.5) is 18.9 Å². The molecule has 0 aliphatic rings. The van der Waals surface area contributed by atoms with Gasteiger partial charge in [-0.05, 0) is 50.7 Å². The summed E-state index contributed by atoms with van der Waals surface area (Å²) in [7, 11) is 0. The van der Waals surface area contributed by atoms with Crippen molar-refractivity contribution >= 4 is 61.7 Å². The lowest BCUT2D eigenvalue weighted by molar-refractivity contribution is -0.167. The fraction of sp³-hybridized carbons (Fsp3) is 0.125. The minimum Gasteiger partial charge on any atom is -0.317 e. The first-order valence-corrected chi connectivity index (χ1v) is 5.99. The summed E-state index contributed by atoms with van der Waals surface area (Å²) in [6, 6.07) is 2.76. The molecule has 88 valence electrons. The SMILES string of the molecule is O=C(Nc1cc(Cl)c(Br)cc1I)C(F)(F)F. The van der Waals surface area contributed by atoms with Crippen molar-refractivity contribution in [2.45, 2.75) is 6.18 Å². The minimum atomic E-state index is -4.91. The van der Waals surface area contributed by atoms with Crippen molar-refractivity contribution in [2.24, 2.45) is 0 Å². The zero-order valence-electron chi connectivity index (χ0n) is 7.33. The molecule has 0 atom stereocenters. The minimum absolute atomic E-state index is 0.0242. The summed E-state index contributed by atoms with van der Waals surface area (Å²) in [4.78, 5) is 10.7. The van der Waals surface area contributed by atoms with Gasteiger partial charge in [0.1, 0.15) is 0 Å². The highest BCUT2D eigenvalue weighted by Crippen LogP contribution is 2.31. The Morgan fingerprint density at radius 1 is 1.44 bits per heavy atom. The van der Waals surface area contributed by atoms with Gasteiger partial charge >= 0.3 is 12.1 Å². The van der Waals surface area contributed by atoms with Crippen molar-refractivity contribution in [3.05, 3.63) is 25.2 Å². The van der Waals surface area contributed by atoms with Crippen LogP contribution in [0.1, 0.15) is 0 Å². The lowest BCUT2D eigenvalue weighted by Gasteiger charge is -2.10. The standard InChI is InChI=1S/C8H3BrClF3INO/c9-3-1-5(14)6(2-4(3)10)15-7(16)8(11,12)13/h1-2H,(H,15,16). The highest BCUT2D eigenvalue weighted by molar-refractivity contribution is 14.1. The Balaban J connectivity index is 2.99. The molecule has 0 saturated heterocycles. The third kappa shape index (κ3) is 3.49. The maximum atomic E-state index is 12.0. The second kappa shape index (κ2) is 5.09. The van der Waals surface area contributed by atoms with E-state index in [0.29, 0.717) is 8.04 Å². The first-order valence-electron chi connectivity index (χ1n) is 3.74. The summed E-state index contributed by atoms with van der Waals surface area (Å²) in [5.41, 5.74) is 0.0242. The number of amides is 1. The molecule has 0 spiro atoms. The Hall–Kier alpha value is -0.0200.